The molecule has 0 unspecified atom stereocenters. The van der Waals surface area contributed by atoms with Gasteiger partial charge in [0.15, 0.2) is 5.69 Å². The van der Waals surface area contributed by atoms with Crippen molar-refractivity contribution in [2.75, 3.05) is 7.11 Å². The number of esters is 1. The number of ether oxygens (including phenoxy) is 2. The zero-order valence-corrected chi connectivity index (χ0v) is 22.9. The first-order valence-electron chi connectivity index (χ1n) is 12.8. The van der Waals surface area contributed by atoms with Crippen LogP contribution in [0.5, 0.6) is 0 Å². The van der Waals surface area contributed by atoms with E-state index in [-0.39, 0.29) is 12.2 Å². The molecule has 0 saturated carbocycles. The van der Waals surface area contributed by atoms with E-state index in [2.05, 4.69) is 16.4 Å². The number of pyridine rings is 1. The number of aromatic nitrogens is 3. The molecule has 4 rings (SSSR count). The molecule has 204 valence electrons. The van der Waals surface area contributed by atoms with Gasteiger partial charge in [0.1, 0.15) is 11.3 Å². The van der Waals surface area contributed by atoms with Crippen LogP contribution in [0.4, 0.5) is 4.79 Å². The van der Waals surface area contributed by atoms with Crippen molar-refractivity contribution in [3.63, 3.8) is 0 Å². The number of nitrogens with one attached hydrogen (secondary N) is 1. The Kier molecular flexibility index (Phi) is 8.60. The summed E-state index contributed by atoms with van der Waals surface area (Å²) in [5.74, 6) is -0.585. The van der Waals surface area contributed by atoms with Crippen LogP contribution in [0.15, 0.2) is 79.1 Å². The Balaban J connectivity index is 1.85. The molecule has 0 aliphatic carbocycles. The number of methoxy groups -OCH3 is 1. The molecular formula is C31H31N5O4. The van der Waals surface area contributed by atoms with Crippen LogP contribution in [0.2, 0.25) is 0 Å². The zero-order valence-electron chi connectivity index (χ0n) is 22.9. The third-order valence-electron chi connectivity index (χ3n) is 6.00. The monoisotopic (exact) mass is 537 g/mol. The van der Waals surface area contributed by atoms with Gasteiger partial charge < -0.3 is 14.8 Å². The van der Waals surface area contributed by atoms with Gasteiger partial charge in [0.25, 0.3) is 0 Å². The van der Waals surface area contributed by atoms with E-state index in [1.165, 1.54) is 7.11 Å². The van der Waals surface area contributed by atoms with Crippen molar-refractivity contribution >= 4 is 12.1 Å². The van der Waals surface area contributed by atoms with Gasteiger partial charge in [-0.05, 0) is 62.6 Å². The zero-order chi connectivity index (χ0) is 28.7. The summed E-state index contributed by atoms with van der Waals surface area (Å²) in [7, 11) is 1.31. The minimum absolute atomic E-state index is 0.147. The SMILES string of the molecule is COC(=O)c1c(-c2ccncc2)c(-c2cccc(C#N)c2)nn1C[C@H](Cc1ccccc1)NC(=O)OC(C)(C)C. The number of alkyl carbamates (subject to hydrolysis) is 1. The summed E-state index contributed by atoms with van der Waals surface area (Å²) in [5, 5.41) is 17.3. The summed E-state index contributed by atoms with van der Waals surface area (Å²) in [6, 6.07) is 22.0. The molecule has 2 aromatic carbocycles. The van der Waals surface area contributed by atoms with Gasteiger partial charge in [0, 0.05) is 23.5 Å². The largest absolute Gasteiger partial charge is 0.464 e. The lowest BCUT2D eigenvalue weighted by atomic mass is 9.98. The summed E-state index contributed by atoms with van der Waals surface area (Å²) < 4.78 is 12.3. The number of amides is 1. The van der Waals surface area contributed by atoms with Crippen LogP contribution in [-0.2, 0) is 22.4 Å². The molecule has 9 nitrogen and oxygen atoms in total. The van der Waals surface area contributed by atoms with Crippen LogP contribution in [0.1, 0.15) is 42.4 Å². The Morgan fingerprint density at radius 3 is 2.40 bits per heavy atom. The molecular weight excluding hydrogens is 506 g/mol. The van der Waals surface area contributed by atoms with E-state index in [9.17, 15) is 14.9 Å². The number of carbonyl (C=O) groups is 2. The van der Waals surface area contributed by atoms with Crippen LogP contribution >= 0.6 is 0 Å². The van der Waals surface area contributed by atoms with Crippen LogP contribution in [-0.4, -0.2) is 45.6 Å². The van der Waals surface area contributed by atoms with Crippen LogP contribution in [0.3, 0.4) is 0 Å². The van der Waals surface area contributed by atoms with E-state index in [1.807, 2.05) is 36.4 Å². The van der Waals surface area contributed by atoms with Crippen molar-refractivity contribution in [1.29, 1.82) is 5.26 Å². The topological polar surface area (TPSA) is 119 Å². The first kappa shape index (κ1) is 28.0. The number of hydrogen-bond acceptors (Lipinski definition) is 7. The quantitative estimate of drug-likeness (QED) is 0.299. The number of benzene rings is 2. The van der Waals surface area contributed by atoms with Crippen molar-refractivity contribution in [3.05, 3.63) is 95.9 Å². The molecule has 2 aromatic heterocycles. The molecule has 2 heterocycles. The molecule has 1 N–H and O–H groups in total. The average molecular weight is 538 g/mol. The second-order valence-electron chi connectivity index (χ2n) is 10.2. The first-order chi connectivity index (χ1) is 19.2. The van der Waals surface area contributed by atoms with Gasteiger partial charge in [-0.2, -0.15) is 10.4 Å². The van der Waals surface area contributed by atoms with Gasteiger partial charge in [0.2, 0.25) is 0 Å². The van der Waals surface area contributed by atoms with E-state index in [1.54, 1.807) is 68.2 Å². The van der Waals surface area contributed by atoms with E-state index in [0.717, 1.165) is 5.56 Å². The number of rotatable bonds is 8. The Bertz CT molecular complexity index is 1520. The van der Waals surface area contributed by atoms with Crippen molar-refractivity contribution in [2.45, 2.75) is 45.4 Å². The number of nitrogens with zero attached hydrogens (tertiary/aromatic N) is 4. The van der Waals surface area contributed by atoms with E-state index >= 15 is 0 Å². The molecule has 4 aromatic rings. The molecule has 1 amide bonds. The Morgan fingerprint density at radius 2 is 1.75 bits per heavy atom. The Hall–Kier alpha value is -4.97. The van der Waals surface area contributed by atoms with E-state index in [4.69, 9.17) is 14.6 Å². The van der Waals surface area contributed by atoms with Crippen LogP contribution < -0.4 is 5.32 Å². The van der Waals surface area contributed by atoms with Gasteiger partial charge in [-0.25, -0.2) is 9.59 Å². The van der Waals surface area contributed by atoms with Crippen molar-refractivity contribution < 1.29 is 19.1 Å². The molecule has 1 atom stereocenters. The third kappa shape index (κ3) is 6.91. The predicted octanol–water partition coefficient (Wildman–Crippen LogP) is 5.41. The Morgan fingerprint density at radius 1 is 1.02 bits per heavy atom. The second kappa shape index (κ2) is 12.3. The van der Waals surface area contributed by atoms with Crippen molar-refractivity contribution in [3.8, 4) is 28.5 Å². The maximum atomic E-state index is 13.3. The highest BCUT2D eigenvalue weighted by Gasteiger charge is 2.29. The smallest absolute Gasteiger partial charge is 0.407 e. The highest BCUT2D eigenvalue weighted by atomic mass is 16.6. The maximum Gasteiger partial charge on any atom is 0.407 e. The molecule has 0 radical (unpaired) electrons. The molecule has 0 aliphatic heterocycles. The minimum Gasteiger partial charge on any atom is -0.464 e. The van der Waals surface area contributed by atoms with Crippen LogP contribution in [0, 0.1) is 11.3 Å². The maximum absolute atomic E-state index is 13.3. The fourth-order valence-electron chi connectivity index (χ4n) is 4.37. The molecule has 0 saturated heterocycles. The fraction of sp³-hybridized carbons (Fsp3) is 0.258. The van der Waals surface area contributed by atoms with Gasteiger partial charge in [-0.3, -0.25) is 9.67 Å². The Labute approximate surface area is 233 Å². The van der Waals surface area contributed by atoms with Gasteiger partial charge in [-0.1, -0.05) is 42.5 Å². The molecule has 0 aliphatic rings. The highest BCUT2D eigenvalue weighted by molar-refractivity contribution is 6.00. The van der Waals surface area contributed by atoms with Crippen LogP contribution in [0.25, 0.3) is 22.4 Å². The normalized spacial score (nSPS) is 11.8. The third-order valence-corrected chi connectivity index (χ3v) is 6.00. The lowest BCUT2D eigenvalue weighted by Crippen LogP contribution is -2.43. The summed E-state index contributed by atoms with van der Waals surface area (Å²) >= 11 is 0. The summed E-state index contributed by atoms with van der Waals surface area (Å²) in [4.78, 5) is 30.2. The minimum atomic E-state index is -0.683. The van der Waals surface area contributed by atoms with Gasteiger partial charge in [0.05, 0.1) is 31.3 Å². The summed E-state index contributed by atoms with van der Waals surface area (Å²) in [6.45, 7) is 5.54. The molecule has 40 heavy (non-hydrogen) atoms. The standard InChI is InChI=1S/C31H31N5O4/c1-31(2,3)40-30(38)34-25(18-21-9-6-5-7-10-21)20-36-28(29(37)39-4)26(23-13-15-33-16-14-23)27(35-36)24-12-8-11-22(17-24)19-32/h5-17,25H,18,20H2,1-4H3,(H,34,38)/t25-/m0/s1. The van der Waals surface area contributed by atoms with E-state index < -0.39 is 23.7 Å². The number of hydrogen-bond donors (Lipinski definition) is 1. The molecule has 0 fully saturated rings. The van der Waals surface area contributed by atoms with E-state index in [0.29, 0.717) is 34.4 Å². The lowest BCUT2D eigenvalue weighted by molar-refractivity contribution is 0.0498. The lowest BCUT2D eigenvalue weighted by Gasteiger charge is -2.24. The van der Waals surface area contributed by atoms with Gasteiger partial charge in [-0.15, -0.1) is 0 Å². The molecule has 0 spiro atoms. The van der Waals surface area contributed by atoms with Crippen molar-refractivity contribution in [1.82, 2.24) is 20.1 Å². The fourth-order valence-corrected chi connectivity index (χ4v) is 4.37. The predicted molar refractivity (Wildman–Crippen MR) is 150 cm³/mol. The molecule has 0 bridgehead atoms. The summed E-state index contributed by atoms with van der Waals surface area (Å²) in [6.07, 6.45) is 3.15. The first-order valence-corrected chi connectivity index (χ1v) is 12.8. The molecule has 9 heteroatoms. The summed E-state index contributed by atoms with van der Waals surface area (Å²) in [5.41, 5.74) is 3.40. The number of nitriles is 1. The highest BCUT2D eigenvalue weighted by Crippen LogP contribution is 2.35. The van der Waals surface area contributed by atoms with Crippen molar-refractivity contribution in [2.24, 2.45) is 0 Å². The number of carbonyl (C=O) groups excluding carboxylic acids is 2. The average Bonchev–Trinajstić information content (AvgIpc) is 3.31. The second-order valence-corrected chi connectivity index (χ2v) is 10.2. The van der Waals surface area contributed by atoms with Gasteiger partial charge >= 0.3 is 12.1 Å².